The molecule has 0 aliphatic rings. The van der Waals surface area contributed by atoms with E-state index in [1.165, 1.54) is 5.56 Å². The SMILES string of the molecule is CCC(C#N)C(=O)NCCC(C)c1ccccc1. The summed E-state index contributed by atoms with van der Waals surface area (Å²) in [5, 5.41) is 11.6. The van der Waals surface area contributed by atoms with E-state index >= 15 is 0 Å². The molecule has 3 heteroatoms. The van der Waals surface area contributed by atoms with Crippen molar-refractivity contribution in [2.75, 3.05) is 6.54 Å². The topological polar surface area (TPSA) is 52.9 Å². The first-order chi connectivity index (χ1) is 8.69. The summed E-state index contributed by atoms with van der Waals surface area (Å²) in [4.78, 5) is 11.6. The Morgan fingerprint density at radius 2 is 2.06 bits per heavy atom. The molecule has 0 fully saturated rings. The van der Waals surface area contributed by atoms with Gasteiger partial charge < -0.3 is 5.32 Å². The molecule has 0 saturated heterocycles. The summed E-state index contributed by atoms with van der Waals surface area (Å²) in [6, 6.07) is 12.2. The number of carbonyl (C=O) groups is 1. The lowest BCUT2D eigenvalue weighted by Gasteiger charge is -2.13. The average Bonchev–Trinajstić information content (AvgIpc) is 2.41. The molecular weight excluding hydrogens is 224 g/mol. The molecule has 0 heterocycles. The monoisotopic (exact) mass is 244 g/mol. The summed E-state index contributed by atoms with van der Waals surface area (Å²) in [7, 11) is 0. The van der Waals surface area contributed by atoms with E-state index in [1.807, 2.05) is 31.2 Å². The lowest BCUT2D eigenvalue weighted by atomic mass is 9.98. The van der Waals surface area contributed by atoms with Gasteiger partial charge >= 0.3 is 0 Å². The summed E-state index contributed by atoms with van der Waals surface area (Å²) >= 11 is 0. The van der Waals surface area contributed by atoms with Gasteiger partial charge in [-0.2, -0.15) is 5.26 Å². The predicted octanol–water partition coefficient (Wildman–Crippen LogP) is 2.85. The Balaban J connectivity index is 2.34. The zero-order valence-corrected chi connectivity index (χ0v) is 11.0. The number of hydrogen-bond acceptors (Lipinski definition) is 2. The van der Waals surface area contributed by atoms with Crippen molar-refractivity contribution in [3.05, 3.63) is 35.9 Å². The molecule has 0 aliphatic heterocycles. The number of benzene rings is 1. The second-order valence-electron chi connectivity index (χ2n) is 4.48. The van der Waals surface area contributed by atoms with E-state index in [0.29, 0.717) is 18.9 Å². The molecule has 1 amide bonds. The van der Waals surface area contributed by atoms with Gasteiger partial charge in [0.2, 0.25) is 5.91 Å². The molecule has 0 bridgehead atoms. The number of hydrogen-bond donors (Lipinski definition) is 1. The maximum absolute atomic E-state index is 11.6. The molecule has 0 saturated carbocycles. The number of carbonyl (C=O) groups excluding carboxylic acids is 1. The number of nitrogens with one attached hydrogen (secondary N) is 1. The van der Waals surface area contributed by atoms with E-state index < -0.39 is 5.92 Å². The average molecular weight is 244 g/mol. The first-order valence-corrected chi connectivity index (χ1v) is 6.41. The largest absolute Gasteiger partial charge is 0.355 e. The van der Waals surface area contributed by atoms with Crippen molar-refractivity contribution in [2.24, 2.45) is 5.92 Å². The van der Waals surface area contributed by atoms with Crippen LogP contribution in [0.4, 0.5) is 0 Å². The Morgan fingerprint density at radius 1 is 1.39 bits per heavy atom. The molecule has 1 N–H and O–H groups in total. The highest BCUT2D eigenvalue weighted by molar-refractivity contribution is 5.80. The van der Waals surface area contributed by atoms with Crippen molar-refractivity contribution in [3.63, 3.8) is 0 Å². The molecule has 0 spiro atoms. The number of nitriles is 1. The van der Waals surface area contributed by atoms with Crippen molar-refractivity contribution in [2.45, 2.75) is 32.6 Å². The van der Waals surface area contributed by atoms with Crippen LogP contribution in [0.15, 0.2) is 30.3 Å². The summed E-state index contributed by atoms with van der Waals surface area (Å²) in [6.45, 7) is 4.61. The van der Waals surface area contributed by atoms with Gasteiger partial charge in [-0.15, -0.1) is 0 Å². The van der Waals surface area contributed by atoms with E-state index in [9.17, 15) is 4.79 Å². The highest BCUT2D eigenvalue weighted by atomic mass is 16.1. The van der Waals surface area contributed by atoms with E-state index in [4.69, 9.17) is 5.26 Å². The molecule has 96 valence electrons. The van der Waals surface area contributed by atoms with Crippen molar-refractivity contribution >= 4 is 5.91 Å². The van der Waals surface area contributed by atoms with Crippen molar-refractivity contribution < 1.29 is 4.79 Å². The molecule has 1 aromatic carbocycles. The van der Waals surface area contributed by atoms with Gasteiger partial charge in [0.15, 0.2) is 0 Å². The molecule has 0 radical (unpaired) electrons. The maximum atomic E-state index is 11.6. The van der Waals surface area contributed by atoms with Crippen LogP contribution in [-0.2, 0) is 4.79 Å². The molecule has 2 atom stereocenters. The van der Waals surface area contributed by atoms with Gasteiger partial charge in [0, 0.05) is 6.54 Å². The zero-order chi connectivity index (χ0) is 13.4. The third-order valence-electron chi connectivity index (χ3n) is 3.13. The Kier molecular flexibility index (Phi) is 5.93. The highest BCUT2D eigenvalue weighted by Crippen LogP contribution is 2.17. The van der Waals surface area contributed by atoms with Gasteiger partial charge in [-0.1, -0.05) is 44.2 Å². The third kappa shape index (κ3) is 4.21. The Bertz CT molecular complexity index is 408. The van der Waals surface area contributed by atoms with Crippen LogP contribution in [0.1, 0.15) is 38.2 Å². The molecule has 3 nitrogen and oxygen atoms in total. The molecule has 0 aliphatic carbocycles. The highest BCUT2D eigenvalue weighted by Gasteiger charge is 2.14. The van der Waals surface area contributed by atoms with Crippen LogP contribution in [-0.4, -0.2) is 12.5 Å². The zero-order valence-electron chi connectivity index (χ0n) is 11.0. The summed E-state index contributed by atoms with van der Waals surface area (Å²) in [6.07, 6.45) is 1.45. The second-order valence-corrected chi connectivity index (χ2v) is 4.48. The maximum Gasteiger partial charge on any atom is 0.237 e. The van der Waals surface area contributed by atoms with Crippen LogP contribution >= 0.6 is 0 Å². The van der Waals surface area contributed by atoms with Gasteiger partial charge in [0.1, 0.15) is 5.92 Å². The van der Waals surface area contributed by atoms with E-state index in [1.54, 1.807) is 0 Å². The first kappa shape index (κ1) is 14.2. The molecule has 2 unspecified atom stereocenters. The Morgan fingerprint density at radius 3 is 2.61 bits per heavy atom. The summed E-state index contributed by atoms with van der Waals surface area (Å²) in [5.41, 5.74) is 1.28. The lowest BCUT2D eigenvalue weighted by Crippen LogP contribution is -2.31. The van der Waals surface area contributed by atoms with E-state index in [2.05, 4.69) is 24.4 Å². The third-order valence-corrected chi connectivity index (χ3v) is 3.13. The molecular formula is C15H20N2O. The normalized spacial score (nSPS) is 13.4. The van der Waals surface area contributed by atoms with Crippen LogP contribution in [0.2, 0.25) is 0 Å². The molecule has 1 aromatic rings. The fourth-order valence-corrected chi connectivity index (χ4v) is 1.82. The van der Waals surface area contributed by atoms with E-state index in [0.717, 1.165) is 6.42 Å². The molecule has 0 aromatic heterocycles. The summed E-state index contributed by atoms with van der Waals surface area (Å²) in [5.74, 6) is -0.258. The number of rotatable bonds is 6. The van der Waals surface area contributed by atoms with Crippen LogP contribution in [0.3, 0.4) is 0 Å². The predicted molar refractivity (Wildman–Crippen MR) is 71.9 cm³/mol. The number of nitrogens with zero attached hydrogens (tertiary/aromatic N) is 1. The van der Waals surface area contributed by atoms with Crippen LogP contribution in [0, 0.1) is 17.2 Å². The minimum Gasteiger partial charge on any atom is -0.355 e. The van der Waals surface area contributed by atoms with Crippen LogP contribution in [0.25, 0.3) is 0 Å². The van der Waals surface area contributed by atoms with Gasteiger partial charge in [-0.05, 0) is 24.3 Å². The Labute approximate surface area is 109 Å². The van der Waals surface area contributed by atoms with Crippen molar-refractivity contribution in [3.8, 4) is 6.07 Å². The van der Waals surface area contributed by atoms with Gasteiger partial charge in [-0.25, -0.2) is 0 Å². The molecule has 1 rings (SSSR count). The van der Waals surface area contributed by atoms with Crippen molar-refractivity contribution in [1.82, 2.24) is 5.32 Å². The molecule has 18 heavy (non-hydrogen) atoms. The van der Waals surface area contributed by atoms with Crippen LogP contribution in [0.5, 0.6) is 0 Å². The lowest BCUT2D eigenvalue weighted by molar-refractivity contribution is -0.123. The quantitative estimate of drug-likeness (QED) is 0.836. The van der Waals surface area contributed by atoms with Crippen LogP contribution < -0.4 is 5.32 Å². The second kappa shape index (κ2) is 7.50. The van der Waals surface area contributed by atoms with Gasteiger partial charge in [0.05, 0.1) is 6.07 Å². The standard InChI is InChI=1S/C15H20N2O/c1-3-13(11-16)15(18)17-10-9-12(2)14-7-5-4-6-8-14/h4-8,12-13H,3,9-10H2,1-2H3,(H,17,18). The minimum absolute atomic E-state index is 0.153. The number of amides is 1. The van der Waals surface area contributed by atoms with Gasteiger partial charge in [-0.3, -0.25) is 4.79 Å². The first-order valence-electron chi connectivity index (χ1n) is 6.41. The summed E-state index contributed by atoms with van der Waals surface area (Å²) < 4.78 is 0. The Hall–Kier alpha value is -1.82. The fourth-order valence-electron chi connectivity index (χ4n) is 1.82. The van der Waals surface area contributed by atoms with Gasteiger partial charge in [0.25, 0.3) is 0 Å². The van der Waals surface area contributed by atoms with Crippen molar-refractivity contribution in [1.29, 1.82) is 5.26 Å². The fraction of sp³-hybridized carbons (Fsp3) is 0.467. The minimum atomic E-state index is -0.517. The van der Waals surface area contributed by atoms with E-state index in [-0.39, 0.29) is 5.91 Å². The smallest absolute Gasteiger partial charge is 0.237 e.